The van der Waals surface area contributed by atoms with E-state index in [-0.39, 0.29) is 0 Å². The van der Waals surface area contributed by atoms with Gasteiger partial charge in [-0.15, -0.1) is 11.3 Å². The van der Waals surface area contributed by atoms with Crippen LogP contribution in [0.4, 0.5) is 0 Å². The normalized spacial score (nSPS) is 12.0. The van der Waals surface area contributed by atoms with Gasteiger partial charge < -0.3 is 4.57 Å². The molecule has 0 spiro atoms. The summed E-state index contributed by atoms with van der Waals surface area (Å²) in [6, 6.07) is 50.1. The second-order valence-electron chi connectivity index (χ2n) is 11.5. The fraction of sp³-hybridized carbons (Fsp3) is 0. The van der Waals surface area contributed by atoms with Crippen LogP contribution in [-0.2, 0) is 0 Å². The van der Waals surface area contributed by atoms with E-state index in [2.05, 4.69) is 148 Å². The maximum absolute atomic E-state index is 5.19. The minimum atomic E-state index is 0.905. The molecule has 0 amide bonds. The van der Waals surface area contributed by atoms with E-state index in [0.29, 0.717) is 0 Å². The summed E-state index contributed by atoms with van der Waals surface area (Å²) in [5.74, 6) is 0.905. The van der Waals surface area contributed by atoms with Crippen molar-refractivity contribution < 1.29 is 0 Å². The van der Waals surface area contributed by atoms with E-state index in [1.54, 1.807) is 11.3 Å². The van der Waals surface area contributed by atoms with Crippen LogP contribution in [0.1, 0.15) is 0 Å². The van der Waals surface area contributed by atoms with Crippen molar-refractivity contribution in [2.24, 2.45) is 0 Å². The van der Waals surface area contributed by atoms with Crippen molar-refractivity contribution in [1.82, 2.24) is 19.1 Å². The molecule has 0 unspecified atom stereocenters. The van der Waals surface area contributed by atoms with Crippen molar-refractivity contribution in [2.75, 3.05) is 0 Å². The van der Waals surface area contributed by atoms with Crippen molar-refractivity contribution >= 4 is 75.4 Å². The number of thiophene rings is 1. The molecule has 0 atom stereocenters. The van der Waals surface area contributed by atoms with Gasteiger partial charge in [-0.3, -0.25) is 9.55 Å². The number of aromatic nitrogens is 4. The predicted octanol–water partition coefficient (Wildman–Crippen LogP) is 10.7. The molecule has 0 aliphatic heterocycles. The van der Waals surface area contributed by atoms with E-state index < -0.39 is 0 Å². The van der Waals surface area contributed by atoms with Crippen LogP contribution < -0.4 is 0 Å². The average molecular weight is 593 g/mol. The van der Waals surface area contributed by atoms with Crippen molar-refractivity contribution in [1.29, 1.82) is 0 Å². The molecule has 5 heteroatoms. The molecular weight excluding hydrogens is 569 g/mol. The van der Waals surface area contributed by atoms with Gasteiger partial charge >= 0.3 is 0 Å². The summed E-state index contributed by atoms with van der Waals surface area (Å²) in [6.45, 7) is 0. The van der Waals surface area contributed by atoms with Crippen LogP contribution in [0.3, 0.4) is 0 Å². The molecule has 0 saturated carbocycles. The number of benzene rings is 5. The maximum Gasteiger partial charge on any atom is 0.138 e. The molecule has 10 rings (SSSR count). The highest BCUT2D eigenvalue weighted by atomic mass is 32.1. The summed E-state index contributed by atoms with van der Waals surface area (Å²) in [5, 5.41) is 4.94. The minimum absolute atomic E-state index is 0.905. The molecule has 0 saturated heterocycles. The lowest BCUT2D eigenvalue weighted by molar-refractivity contribution is 1.10. The lowest BCUT2D eigenvalue weighted by Crippen LogP contribution is -1.97. The first-order valence-electron chi connectivity index (χ1n) is 15.1. The molecule has 0 aliphatic rings. The fourth-order valence-electron chi connectivity index (χ4n) is 6.99. The highest BCUT2D eigenvalue weighted by Crippen LogP contribution is 2.39. The van der Waals surface area contributed by atoms with Gasteiger partial charge in [-0.25, -0.2) is 4.98 Å². The van der Waals surface area contributed by atoms with Gasteiger partial charge in [0.15, 0.2) is 0 Å². The largest absolute Gasteiger partial charge is 0.309 e. The van der Waals surface area contributed by atoms with Gasteiger partial charge in [-0.2, -0.15) is 0 Å². The van der Waals surface area contributed by atoms with Crippen LogP contribution in [0, 0.1) is 0 Å². The molecule has 5 heterocycles. The zero-order valence-electron chi connectivity index (χ0n) is 24.1. The Kier molecular flexibility index (Phi) is 5.12. The number of fused-ring (bicyclic) bond motifs is 9. The average Bonchev–Trinajstić information content (AvgIpc) is 3.75. The molecule has 0 aliphatic carbocycles. The molecule has 0 bridgehead atoms. The van der Waals surface area contributed by atoms with Gasteiger partial charge in [0.05, 0.1) is 31.5 Å². The van der Waals surface area contributed by atoms with Crippen LogP contribution in [0.2, 0.25) is 0 Å². The Morgan fingerprint density at radius 3 is 1.78 bits per heavy atom. The van der Waals surface area contributed by atoms with Crippen LogP contribution in [0.5, 0.6) is 0 Å². The zero-order valence-corrected chi connectivity index (χ0v) is 24.9. The Balaban J connectivity index is 1.18. The monoisotopic (exact) mass is 592 g/mol. The summed E-state index contributed by atoms with van der Waals surface area (Å²) in [4.78, 5) is 9.84. The van der Waals surface area contributed by atoms with Crippen LogP contribution in [0.25, 0.3) is 86.7 Å². The van der Waals surface area contributed by atoms with Gasteiger partial charge in [-0.05, 0) is 83.9 Å². The first-order valence-corrected chi connectivity index (χ1v) is 15.9. The Bertz CT molecular complexity index is 2770. The van der Waals surface area contributed by atoms with E-state index in [9.17, 15) is 0 Å². The van der Waals surface area contributed by atoms with Crippen molar-refractivity contribution in [3.63, 3.8) is 0 Å². The summed E-state index contributed by atoms with van der Waals surface area (Å²) in [6.07, 6.45) is 1.85. The van der Waals surface area contributed by atoms with E-state index in [1.807, 2.05) is 12.3 Å². The summed E-state index contributed by atoms with van der Waals surface area (Å²) in [7, 11) is 0. The van der Waals surface area contributed by atoms with Gasteiger partial charge in [0.2, 0.25) is 0 Å². The molecule has 5 aromatic heterocycles. The van der Waals surface area contributed by atoms with E-state index in [4.69, 9.17) is 4.98 Å². The standard InChI is InChI=1S/C40H24N4S/c1-2-9-27(10-3-1)43-32-13-6-4-11-28(32)30-23-25(16-18-34(30)43)26-17-19-35-31(24-26)29-12-5-7-14-33(29)44(35)38-21-20-37-40(42-38)39-36(45-37)15-8-22-41-39/h1-24H. The lowest BCUT2D eigenvalue weighted by atomic mass is 10.0. The Hall–Kier alpha value is -5.78. The highest BCUT2D eigenvalue weighted by Gasteiger charge is 2.17. The van der Waals surface area contributed by atoms with Gasteiger partial charge in [0, 0.05) is 33.4 Å². The van der Waals surface area contributed by atoms with Crippen LogP contribution >= 0.6 is 11.3 Å². The molecule has 45 heavy (non-hydrogen) atoms. The fourth-order valence-corrected chi connectivity index (χ4v) is 7.99. The third-order valence-electron chi connectivity index (χ3n) is 8.98. The molecule has 10 aromatic rings. The molecule has 210 valence electrons. The molecule has 5 aromatic carbocycles. The number of pyridine rings is 2. The van der Waals surface area contributed by atoms with Gasteiger partial charge in [0.25, 0.3) is 0 Å². The van der Waals surface area contributed by atoms with E-state index in [1.165, 1.54) is 49.4 Å². The van der Waals surface area contributed by atoms with E-state index in [0.717, 1.165) is 37.3 Å². The van der Waals surface area contributed by atoms with Gasteiger partial charge in [0.1, 0.15) is 16.9 Å². The van der Waals surface area contributed by atoms with Crippen molar-refractivity contribution in [3.05, 3.63) is 146 Å². The third-order valence-corrected chi connectivity index (χ3v) is 10.1. The Morgan fingerprint density at radius 1 is 0.444 bits per heavy atom. The second kappa shape index (κ2) is 9.36. The third kappa shape index (κ3) is 3.59. The molecule has 4 nitrogen and oxygen atoms in total. The zero-order chi connectivity index (χ0) is 29.5. The topological polar surface area (TPSA) is 35.6 Å². The molecular formula is C40H24N4S. The summed E-state index contributed by atoms with van der Waals surface area (Å²) in [5.41, 5.74) is 10.2. The highest BCUT2D eigenvalue weighted by molar-refractivity contribution is 7.25. The Morgan fingerprint density at radius 2 is 1.04 bits per heavy atom. The first-order chi connectivity index (χ1) is 22.3. The quantitative estimate of drug-likeness (QED) is 0.205. The number of hydrogen-bond donors (Lipinski definition) is 0. The van der Waals surface area contributed by atoms with Gasteiger partial charge in [-0.1, -0.05) is 66.7 Å². The summed E-state index contributed by atoms with van der Waals surface area (Å²) >= 11 is 1.74. The van der Waals surface area contributed by atoms with E-state index >= 15 is 0 Å². The van der Waals surface area contributed by atoms with Crippen molar-refractivity contribution in [3.8, 4) is 22.6 Å². The van der Waals surface area contributed by atoms with Crippen LogP contribution in [0.15, 0.2) is 146 Å². The number of hydrogen-bond acceptors (Lipinski definition) is 3. The van der Waals surface area contributed by atoms with Crippen molar-refractivity contribution in [2.45, 2.75) is 0 Å². The summed E-state index contributed by atoms with van der Waals surface area (Å²) < 4.78 is 6.96. The smallest absolute Gasteiger partial charge is 0.138 e. The predicted molar refractivity (Wildman–Crippen MR) is 189 cm³/mol. The Labute approximate surface area is 262 Å². The number of nitrogens with zero attached hydrogens (tertiary/aromatic N) is 4. The number of para-hydroxylation sites is 3. The molecule has 0 N–H and O–H groups in total. The molecule has 0 fully saturated rings. The minimum Gasteiger partial charge on any atom is -0.309 e. The number of rotatable bonds is 3. The first kappa shape index (κ1) is 24.6. The van der Waals surface area contributed by atoms with Crippen LogP contribution in [-0.4, -0.2) is 19.1 Å². The SMILES string of the molecule is c1ccc(-n2c3ccccc3c3cc(-c4ccc5c(c4)c4ccccc4n5-c4ccc5sc6cccnc6c5n4)ccc32)cc1. The lowest BCUT2D eigenvalue weighted by Gasteiger charge is -2.09. The molecule has 0 radical (unpaired) electrons. The maximum atomic E-state index is 5.19. The second-order valence-corrected chi connectivity index (χ2v) is 12.6.